The lowest BCUT2D eigenvalue weighted by Gasteiger charge is -2.11. The Bertz CT molecular complexity index is 878. The zero-order valence-electron chi connectivity index (χ0n) is 14.6. The van der Waals surface area contributed by atoms with Gasteiger partial charge in [-0.25, -0.2) is 9.36 Å². The number of hydrogen-bond donors (Lipinski definition) is 0. The number of aromatic nitrogens is 1. The van der Waals surface area contributed by atoms with Crippen LogP contribution in [0.4, 0.5) is 4.79 Å². The predicted octanol–water partition coefficient (Wildman–Crippen LogP) is 5.51. The van der Waals surface area contributed by atoms with Gasteiger partial charge in [-0.15, -0.1) is 6.58 Å². The van der Waals surface area contributed by atoms with Gasteiger partial charge < -0.3 is 4.74 Å². The average Bonchev–Trinajstić information content (AvgIpc) is 2.95. The summed E-state index contributed by atoms with van der Waals surface area (Å²) in [4.78, 5) is 12.9. The second-order valence-corrected chi connectivity index (χ2v) is 6.06. The van der Waals surface area contributed by atoms with Crippen molar-refractivity contribution < 1.29 is 9.53 Å². The first-order chi connectivity index (χ1) is 12.3. The lowest BCUT2D eigenvalue weighted by molar-refractivity contribution is 0.141. The molecule has 1 aromatic heterocycles. The molecule has 0 spiro atoms. The molecule has 0 saturated carbocycles. The second kappa shape index (κ2) is 7.84. The summed E-state index contributed by atoms with van der Waals surface area (Å²) in [7, 11) is 0. The summed E-state index contributed by atoms with van der Waals surface area (Å²) in [5.74, 6) is 0. The molecule has 0 atom stereocenters. The molecule has 2 aromatic carbocycles. The topological polar surface area (TPSA) is 31.2 Å². The molecule has 1 heterocycles. The fourth-order valence-electron chi connectivity index (χ4n) is 3.22. The first-order valence-electron chi connectivity index (χ1n) is 8.69. The van der Waals surface area contributed by atoms with Gasteiger partial charge in [-0.1, -0.05) is 68.0 Å². The fraction of sp³-hybridized carbons (Fsp3) is 0.227. The van der Waals surface area contributed by atoms with E-state index in [1.165, 1.54) is 5.56 Å². The number of hydrogen-bond acceptors (Lipinski definition) is 2. The largest absolute Gasteiger partial charge is 0.444 e. The third-order valence-electron chi connectivity index (χ3n) is 4.31. The quantitative estimate of drug-likeness (QED) is 0.557. The summed E-state index contributed by atoms with van der Waals surface area (Å²) in [5.41, 5.74) is 4.09. The van der Waals surface area contributed by atoms with Crippen LogP contribution in [0.15, 0.2) is 67.3 Å². The van der Waals surface area contributed by atoms with Crippen LogP contribution in [-0.2, 0) is 24.2 Å². The van der Waals surface area contributed by atoms with Crippen molar-refractivity contribution in [2.75, 3.05) is 0 Å². The van der Waals surface area contributed by atoms with Crippen molar-refractivity contribution in [1.82, 2.24) is 4.57 Å². The zero-order valence-corrected chi connectivity index (χ0v) is 14.6. The maximum Gasteiger partial charge on any atom is 0.419 e. The highest BCUT2D eigenvalue weighted by Gasteiger charge is 2.20. The van der Waals surface area contributed by atoms with Crippen LogP contribution in [-0.4, -0.2) is 10.7 Å². The van der Waals surface area contributed by atoms with E-state index in [1.54, 1.807) is 4.57 Å². The Morgan fingerprint density at radius 3 is 2.56 bits per heavy atom. The standard InChI is InChI=1S/C22H23NO2/c1-3-10-18-19-14-8-9-15-21(19)23(20(18)11-4-2)22(24)25-16-17-12-6-5-7-13-17/h3,5-9,12-15H,1,4,10-11,16H2,2H3. The van der Waals surface area contributed by atoms with Crippen LogP contribution >= 0.6 is 0 Å². The van der Waals surface area contributed by atoms with E-state index in [0.717, 1.165) is 41.4 Å². The number of nitrogens with zero attached hydrogens (tertiary/aromatic N) is 1. The molecule has 128 valence electrons. The van der Waals surface area contributed by atoms with Gasteiger partial charge in [0.2, 0.25) is 0 Å². The number of para-hydroxylation sites is 1. The number of benzene rings is 2. The highest BCUT2D eigenvalue weighted by molar-refractivity contribution is 5.93. The summed E-state index contributed by atoms with van der Waals surface area (Å²) in [6.07, 6.45) is 4.11. The molecule has 0 N–H and O–H groups in total. The lowest BCUT2D eigenvalue weighted by atomic mass is 10.1. The molecule has 3 heteroatoms. The van der Waals surface area contributed by atoms with Crippen LogP contribution in [0.25, 0.3) is 10.9 Å². The van der Waals surface area contributed by atoms with Crippen LogP contribution in [0, 0.1) is 0 Å². The van der Waals surface area contributed by atoms with Crippen LogP contribution in [0.1, 0.15) is 30.2 Å². The van der Waals surface area contributed by atoms with Crippen molar-refractivity contribution in [3.63, 3.8) is 0 Å². The minimum Gasteiger partial charge on any atom is -0.444 e. The highest BCUT2D eigenvalue weighted by Crippen LogP contribution is 2.28. The van der Waals surface area contributed by atoms with E-state index in [4.69, 9.17) is 4.74 Å². The molecule has 0 radical (unpaired) electrons. The van der Waals surface area contributed by atoms with Gasteiger partial charge >= 0.3 is 6.09 Å². The molecule has 0 unspecified atom stereocenters. The second-order valence-electron chi connectivity index (χ2n) is 6.06. The number of allylic oxidation sites excluding steroid dienone is 1. The monoisotopic (exact) mass is 333 g/mol. The van der Waals surface area contributed by atoms with E-state index >= 15 is 0 Å². The van der Waals surface area contributed by atoms with Gasteiger partial charge in [-0.2, -0.15) is 0 Å². The maximum atomic E-state index is 12.9. The van der Waals surface area contributed by atoms with Crippen molar-refractivity contribution in [2.24, 2.45) is 0 Å². The molecule has 0 bridgehead atoms. The van der Waals surface area contributed by atoms with Gasteiger partial charge in [0, 0.05) is 11.1 Å². The Balaban J connectivity index is 1.99. The van der Waals surface area contributed by atoms with Gasteiger partial charge in [0.1, 0.15) is 6.61 Å². The number of carbonyl (C=O) groups is 1. The smallest absolute Gasteiger partial charge is 0.419 e. The third-order valence-corrected chi connectivity index (χ3v) is 4.31. The van der Waals surface area contributed by atoms with Crippen LogP contribution in [0.2, 0.25) is 0 Å². The normalized spacial score (nSPS) is 10.8. The molecule has 0 saturated heterocycles. The minimum atomic E-state index is -0.321. The van der Waals surface area contributed by atoms with E-state index < -0.39 is 0 Å². The van der Waals surface area contributed by atoms with E-state index in [2.05, 4.69) is 19.6 Å². The van der Waals surface area contributed by atoms with Crippen molar-refractivity contribution in [3.8, 4) is 0 Å². The first-order valence-corrected chi connectivity index (χ1v) is 8.69. The number of carbonyl (C=O) groups excluding carboxylic acids is 1. The molecule has 0 aliphatic rings. The van der Waals surface area contributed by atoms with Gasteiger partial charge in [-0.3, -0.25) is 0 Å². The molecular weight excluding hydrogens is 310 g/mol. The first kappa shape index (κ1) is 17.0. The third kappa shape index (κ3) is 3.50. The molecule has 0 aliphatic carbocycles. The van der Waals surface area contributed by atoms with Crippen molar-refractivity contribution in [2.45, 2.75) is 32.8 Å². The Kier molecular flexibility index (Phi) is 5.34. The summed E-state index contributed by atoms with van der Waals surface area (Å²) in [5, 5.41) is 1.10. The van der Waals surface area contributed by atoms with Crippen LogP contribution in [0.3, 0.4) is 0 Å². The Morgan fingerprint density at radius 2 is 1.84 bits per heavy atom. The van der Waals surface area contributed by atoms with Crippen LogP contribution in [0.5, 0.6) is 0 Å². The van der Waals surface area contributed by atoms with Gasteiger partial charge in [0.15, 0.2) is 0 Å². The number of ether oxygens (including phenoxy) is 1. The highest BCUT2D eigenvalue weighted by atomic mass is 16.5. The van der Waals surface area contributed by atoms with Gasteiger partial charge in [0.05, 0.1) is 5.52 Å². The molecule has 3 rings (SSSR count). The average molecular weight is 333 g/mol. The summed E-state index contributed by atoms with van der Waals surface area (Å²) >= 11 is 0. The van der Waals surface area contributed by atoms with Gasteiger partial charge in [-0.05, 0) is 30.0 Å². The predicted molar refractivity (Wildman–Crippen MR) is 102 cm³/mol. The summed E-state index contributed by atoms with van der Waals surface area (Å²) in [6, 6.07) is 17.7. The van der Waals surface area contributed by atoms with Gasteiger partial charge in [0.25, 0.3) is 0 Å². The fourth-order valence-corrected chi connectivity index (χ4v) is 3.22. The van der Waals surface area contributed by atoms with Crippen LogP contribution < -0.4 is 0 Å². The Labute approximate surface area is 148 Å². The van der Waals surface area contributed by atoms with E-state index in [9.17, 15) is 4.79 Å². The Morgan fingerprint density at radius 1 is 1.12 bits per heavy atom. The SMILES string of the molecule is C=CCc1c(CCC)n(C(=O)OCc2ccccc2)c2ccccc12. The molecular formula is C22H23NO2. The molecule has 3 aromatic rings. The minimum absolute atomic E-state index is 0.272. The molecule has 0 aliphatic heterocycles. The van der Waals surface area contributed by atoms with Crippen molar-refractivity contribution >= 4 is 17.0 Å². The Hall–Kier alpha value is -2.81. The summed E-state index contributed by atoms with van der Waals surface area (Å²) in [6.45, 7) is 6.26. The van der Waals surface area contributed by atoms with E-state index in [0.29, 0.717) is 0 Å². The number of rotatable bonds is 6. The van der Waals surface area contributed by atoms with E-state index in [-0.39, 0.29) is 12.7 Å². The molecule has 25 heavy (non-hydrogen) atoms. The lowest BCUT2D eigenvalue weighted by Crippen LogP contribution is -2.16. The molecule has 0 amide bonds. The number of fused-ring (bicyclic) bond motifs is 1. The zero-order chi connectivity index (χ0) is 17.6. The summed E-state index contributed by atoms with van der Waals surface area (Å²) < 4.78 is 7.34. The van der Waals surface area contributed by atoms with Crippen molar-refractivity contribution in [1.29, 1.82) is 0 Å². The molecule has 0 fully saturated rings. The van der Waals surface area contributed by atoms with Crippen molar-refractivity contribution in [3.05, 3.63) is 84.1 Å². The molecule has 3 nitrogen and oxygen atoms in total. The maximum absolute atomic E-state index is 12.9. The van der Waals surface area contributed by atoms with E-state index in [1.807, 2.05) is 54.6 Å².